The maximum atomic E-state index is 12.7. The van der Waals surface area contributed by atoms with E-state index in [0.717, 1.165) is 48.6 Å². The highest BCUT2D eigenvalue weighted by atomic mass is 16.5. The number of carboxylic acids is 1. The van der Waals surface area contributed by atoms with Crippen LogP contribution in [0.5, 0.6) is 5.75 Å². The molecule has 1 amide bonds. The van der Waals surface area contributed by atoms with Crippen molar-refractivity contribution in [2.75, 3.05) is 6.54 Å². The lowest BCUT2D eigenvalue weighted by molar-refractivity contribution is -0.143. The van der Waals surface area contributed by atoms with Crippen LogP contribution in [0.2, 0.25) is 0 Å². The van der Waals surface area contributed by atoms with Crippen LogP contribution >= 0.6 is 0 Å². The van der Waals surface area contributed by atoms with Crippen molar-refractivity contribution >= 4 is 22.8 Å². The first-order valence-electron chi connectivity index (χ1n) is 11.5. The van der Waals surface area contributed by atoms with E-state index in [9.17, 15) is 14.4 Å². The molecule has 32 heavy (non-hydrogen) atoms. The number of fused-ring (bicyclic) bond motifs is 1. The van der Waals surface area contributed by atoms with Crippen LogP contribution in [0.25, 0.3) is 11.0 Å². The number of carbonyl (C=O) groups excluding carboxylic acids is 1. The first-order chi connectivity index (χ1) is 15.3. The summed E-state index contributed by atoms with van der Waals surface area (Å²) in [7, 11) is 0. The van der Waals surface area contributed by atoms with Gasteiger partial charge in [0.1, 0.15) is 11.3 Å². The van der Waals surface area contributed by atoms with Crippen molar-refractivity contribution in [2.45, 2.75) is 71.8 Å². The molecular weight excluding hydrogens is 410 g/mol. The molecule has 1 aliphatic rings. The second kappa shape index (κ2) is 10.7. The Kier molecular flexibility index (Phi) is 7.94. The fraction of sp³-hybridized carbons (Fsp3) is 0.560. The van der Waals surface area contributed by atoms with Crippen LogP contribution in [0.3, 0.4) is 0 Å². The summed E-state index contributed by atoms with van der Waals surface area (Å²) in [5, 5.41) is 12.8. The lowest BCUT2D eigenvalue weighted by Crippen LogP contribution is -2.39. The standard InChI is InChI=1S/C25H33NO6/c1-4-5-6-19-13-22(27)32-21-12-15(2)11-20(23(19)21)31-16(3)24(28)26-14-17-7-9-18(10-8-17)25(29)30/h11-13,16-18H,4-10,14H2,1-3H3,(H,26,28)(H,29,30)/t16-,17?,18?/m0/s1. The van der Waals surface area contributed by atoms with E-state index in [-0.39, 0.29) is 23.4 Å². The molecule has 7 nitrogen and oxygen atoms in total. The van der Waals surface area contributed by atoms with E-state index >= 15 is 0 Å². The van der Waals surface area contributed by atoms with Gasteiger partial charge in [-0.1, -0.05) is 13.3 Å². The van der Waals surface area contributed by atoms with E-state index in [4.69, 9.17) is 14.3 Å². The van der Waals surface area contributed by atoms with Crippen LogP contribution in [0.1, 0.15) is 63.5 Å². The average molecular weight is 444 g/mol. The summed E-state index contributed by atoms with van der Waals surface area (Å²) in [6, 6.07) is 5.20. The Hall–Kier alpha value is -2.83. The molecule has 1 heterocycles. The Morgan fingerprint density at radius 2 is 1.94 bits per heavy atom. The van der Waals surface area contributed by atoms with Gasteiger partial charge in [0.05, 0.1) is 11.3 Å². The second-order valence-electron chi connectivity index (χ2n) is 8.89. The van der Waals surface area contributed by atoms with Crippen LogP contribution in [0.15, 0.2) is 27.4 Å². The summed E-state index contributed by atoms with van der Waals surface area (Å²) in [6.07, 6.45) is 4.86. The van der Waals surface area contributed by atoms with Crippen LogP contribution in [-0.4, -0.2) is 29.6 Å². The van der Waals surface area contributed by atoms with Crippen LogP contribution < -0.4 is 15.7 Å². The van der Waals surface area contributed by atoms with Crippen molar-refractivity contribution in [1.82, 2.24) is 5.32 Å². The monoisotopic (exact) mass is 443 g/mol. The minimum absolute atomic E-state index is 0.215. The maximum absolute atomic E-state index is 12.7. The Morgan fingerprint density at radius 3 is 2.59 bits per heavy atom. The van der Waals surface area contributed by atoms with Gasteiger partial charge in [0.25, 0.3) is 5.91 Å². The number of hydrogen-bond donors (Lipinski definition) is 2. The van der Waals surface area contributed by atoms with Crippen LogP contribution in [0, 0.1) is 18.8 Å². The molecule has 2 aromatic rings. The van der Waals surface area contributed by atoms with Gasteiger partial charge < -0.3 is 19.6 Å². The number of benzene rings is 1. The maximum Gasteiger partial charge on any atom is 0.336 e. The van der Waals surface area contributed by atoms with Crippen molar-refractivity contribution in [3.8, 4) is 5.75 Å². The number of amides is 1. The number of rotatable bonds is 9. The van der Waals surface area contributed by atoms with E-state index in [2.05, 4.69) is 12.2 Å². The molecule has 0 saturated heterocycles. The molecular formula is C25H33NO6. The normalized spacial score (nSPS) is 19.5. The zero-order valence-electron chi connectivity index (χ0n) is 19.1. The SMILES string of the molecule is CCCCc1cc(=O)oc2cc(C)cc(O[C@@H](C)C(=O)NCC3CCC(C(=O)O)CC3)c12. The molecule has 1 atom stereocenters. The molecule has 0 spiro atoms. The summed E-state index contributed by atoms with van der Waals surface area (Å²) in [5.74, 6) is -0.377. The molecule has 0 bridgehead atoms. The number of nitrogens with one attached hydrogen (secondary N) is 1. The van der Waals surface area contributed by atoms with Crippen molar-refractivity contribution < 1.29 is 23.8 Å². The summed E-state index contributed by atoms with van der Waals surface area (Å²) < 4.78 is 11.5. The van der Waals surface area contributed by atoms with Gasteiger partial charge in [-0.2, -0.15) is 0 Å². The summed E-state index contributed by atoms with van der Waals surface area (Å²) >= 11 is 0. The molecule has 0 radical (unpaired) electrons. The van der Waals surface area contributed by atoms with E-state index in [1.54, 1.807) is 6.92 Å². The Morgan fingerprint density at radius 1 is 1.22 bits per heavy atom. The van der Waals surface area contributed by atoms with Gasteiger partial charge in [-0.15, -0.1) is 0 Å². The fourth-order valence-corrected chi connectivity index (χ4v) is 4.37. The zero-order valence-corrected chi connectivity index (χ0v) is 19.1. The third-order valence-corrected chi connectivity index (χ3v) is 6.27. The molecule has 7 heteroatoms. The van der Waals surface area contributed by atoms with Gasteiger partial charge in [0, 0.05) is 12.6 Å². The van der Waals surface area contributed by atoms with Crippen molar-refractivity contribution in [3.05, 3.63) is 39.7 Å². The zero-order chi connectivity index (χ0) is 23.3. The largest absolute Gasteiger partial charge is 0.481 e. The molecule has 1 aromatic carbocycles. The number of carboxylic acid groups (broad SMARTS) is 1. The van der Waals surface area contributed by atoms with Gasteiger partial charge >= 0.3 is 11.6 Å². The van der Waals surface area contributed by atoms with E-state index in [0.29, 0.717) is 30.7 Å². The number of hydrogen-bond acceptors (Lipinski definition) is 5. The average Bonchev–Trinajstić information content (AvgIpc) is 2.75. The third-order valence-electron chi connectivity index (χ3n) is 6.27. The Labute approximate surface area is 188 Å². The Bertz CT molecular complexity index is 1020. The molecule has 1 saturated carbocycles. The highest BCUT2D eigenvalue weighted by Crippen LogP contribution is 2.32. The molecule has 1 fully saturated rings. The first-order valence-corrected chi connectivity index (χ1v) is 11.5. The number of aliphatic carboxylic acids is 1. The van der Waals surface area contributed by atoms with Gasteiger partial charge in [0.15, 0.2) is 6.10 Å². The predicted octanol–water partition coefficient (Wildman–Crippen LogP) is 4.22. The van der Waals surface area contributed by atoms with Gasteiger partial charge in [-0.05, 0) is 81.5 Å². The van der Waals surface area contributed by atoms with E-state index in [1.165, 1.54) is 6.07 Å². The fourth-order valence-electron chi connectivity index (χ4n) is 4.37. The number of aryl methyl sites for hydroxylation is 2. The van der Waals surface area contributed by atoms with Gasteiger partial charge in [-0.3, -0.25) is 9.59 Å². The van der Waals surface area contributed by atoms with Crippen molar-refractivity contribution in [3.63, 3.8) is 0 Å². The predicted molar refractivity (Wildman–Crippen MR) is 122 cm³/mol. The Balaban J connectivity index is 1.69. The molecule has 3 rings (SSSR count). The molecule has 174 valence electrons. The van der Waals surface area contributed by atoms with Crippen LogP contribution in [0.4, 0.5) is 0 Å². The van der Waals surface area contributed by atoms with Gasteiger partial charge in [0.2, 0.25) is 0 Å². The number of unbranched alkanes of at least 4 members (excludes halogenated alkanes) is 1. The smallest absolute Gasteiger partial charge is 0.336 e. The van der Waals surface area contributed by atoms with Gasteiger partial charge in [-0.25, -0.2) is 4.79 Å². The summed E-state index contributed by atoms with van der Waals surface area (Å²) in [5.41, 5.74) is 1.84. The molecule has 0 unspecified atom stereocenters. The van der Waals surface area contributed by atoms with E-state index in [1.807, 2.05) is 19.1 Å². The molecule has 2 N–H and O–H groups in total. The number of ether oxygens (including phenoxy) is 1. The highest BCUT2D eigenvalue weighted by molar-refractivity contribution is 5.88. The first kappa shape index (κ1) is 23.8. The minimum atomic E-state index is -0.728. The van der Waals surface area contributed by atoms with Crippen molar-refractivity contribution in [2.24, 2.45) is 11.8 Å². The molecule has 1 aliphatic carbocycles. The molecule has 0 aliphatic heterocycles. The van der Waals surface area contributed by atoms with Crippen molar-refractivity contribution in [1.29, 1.82) is 0 Å². The third kappa shape index (κ3) is 5.90. The minimum Gasteiger partial charge on any atom is -0.481 e. The topological polar surface area (TPSA) is 106 Å². The second-order valence-corrected chi connectivity index (χ2v) is 8.89. The summed E-state index contributed by atoms with van der Waals surface area (Å²) in [6.45, 7) is 6.21. The highest BCUT2D eigenvalue weighted by Gasteiger charge is 2.27. The van der Waals surface area contributed by atoms with Crippen LogP contribution in [-0.2, 0) is 16.0 Å². The number of carbonyl (C=O) groups is 2. The van der Waals surface area contributed by atoms with E-state index < -0.39 is 12.1 Å². The summed E-state index contributed by atoms with van der Waals surface area (Å²) in [4.78, 5) is 35.8. The lowest BCUT2D eigenvalue weighted by atomic mass is 9.82. The lowest BCUT2D eigenvalue weighted by Gasteiger charge is -2.26. The quantitative estimate of drug-likeness (QED) is 0.562. The molecule has 1 aromatic heterocycles.